The Morgan fingerprint density at radius 1 is 1.26 bits per heavy atom. The summed E-state index contributed by atoms with van der Waals surface area (Å²) in [5.74, 6) is 0.258. The maximum absolute atomic E-state index is 12.5. The monoisotopic (exact) mass is 386 g/mol. The van der Waals surface area contributed by atoms with Crippen LogP contribution in [0.25, 0.3) is 5.78 Å². The van der Waals surface area contributed by atoms with Crippen LogP contribution >= 0.6 is 0 Å². The van der Waals surface area contributed by atoms with E-state index in [4.69, 9.17) is 4.74 Å². The maximum atomic E-state index is 12.5. The van der Waals surface area contributed by atoms with Gasteiger partial charge in [0.05, 0.1) is 22.3 Å². The summed E-state index contributed by atoms with van der Waals surface area (Å²) >= 11 is 0. The highest BCUT2D eigenvalue weighted by molar-refractivity contribution is 7.92. The molecule has 9 heteroatoms. The molecule has 1 amide bonds. The van der Waals surface area contributed by atoms with Crippen LogP contribution in [0.1, 0.15) is 22.3 Å². The van der Waals surface area contributed by atoms with Crippen molar-refractivity contribution in [3.8, 4) is 0 Å². The molecule has 0 saturated carbocycles. The average molecular weight is 386 g/mol. The first-order valence-electron chi connectivity index (χ1n) is 8.51. The number of carbonyl (C=O) groups is 1. The molecule has 1 aromatic carbocycles. The van der Waals surface area contributed by atoms with Crippen LogP contribution in [-0.2, 0) is 21.1 Å². The number of benzene rings is 1. The second-order valence-electron chi connectivity index (χ2n) is 6.33. The van der Waals surface area contributed by atoms with E-state index in [1.165, 1.54) is 6.20 Å². The van der Waals surface area contributed by atoms with E-state index in [0.717, 1.165) is 5.56 Å². The SMILES string of the molecule is O=C(NCc1ccc(S(=O)(=O)[C@@H]2CCOC2)cc1)c1cnc2nccn2c1. The summed E-state index contributed by atoms with van der Waals surface area (Å²) in [5, 5.41) is 2.33. The Morgan fingerprint density at radius 3 is 2.81 bits per heavy atom. The molecule has 27 heavy (non-hydrogen) atoms. The van der Waals surface area contributed by atoms with Crippen LogP contribution in [0.5, 0.6) is 0 Å². The number of nitrogens with one attached hydrogen (secondary N) is 1. The van der Waals surface area contributed by atoms with Crippen LogP contribution < -0.4 is 5.32 Å². The Morgan fingerprint density at radius 2 is 2.07 bits per heavy atom. The minimum Gasteiger partial charge on any atom is -0.380 e. The second kappa shape index (κ2) is 7.09. The van der Waals surface area contributed by atoms with E-state index in [-0.39, 0.29) is 24.0 Å². The van der Waals surface area contributed by atoms with Gasteiger partial charge in [0.25, 0.3) is 5.91 Å². The van der Waals surface area contributed by atoms with Gasteiger partial charge in [-0.2, -0.15) is 0 Å². The Bertz CT molecular complexity index is 1070. The van der Waals surface area contributed by atoms with Gasteiger partial charge < -0.3 is 10.1 Å². The van der Waals surface area contributed by atoms with E-state index < -0.39 is 15.1 Å². The van der Waals surface area contributed by atoms with Crippen LogP contribution in [0.3, 0.4) is 0 Å². The number of nitrogens with zero attached hydrogens (tertiary/aromatic N) is 3. The van der Waals surface area contributed by atoms with E-state index in [9.17, 15) is 13.2 Å². The van der Waals surface area contributed by atoms with Crippen molar-refractivity contribution in [1.29, 1.82) is 0 Å². The van der Waals surface area contributed by atoms with E-state index in [0.29, 0.717) is 24.4 Å². The Hall–Kier alpha value is -2.78. The van der Waals surface area contributed by atoms with Crippen LogP contribution in [0, 0.1) is 0 Å². The lowest BCUT2D eigenvalue weighted by Crippen LogP contribution is -2.23. The summed E-state index contributed by atoms with van der Waals surface area (Å²) in [6, 6.07) is 6.57. The summed E-state index contributed by atoms with van der Waals surface area (Å²) < 4.78 is 31.9. The van der Waals surface area contributed by atoms with Crippen molar-refractivity contribution >= 4 is 21.5 Å². The standard InChI is InChI=1S/C18H18N4O4S/c23-17(14-10-21-18-19-6-7-22(18)11-14)20-9-13-1-3-15(4-2-13)27(24,25)16-5-8-26-12-16/h1-4,6-7,10-11,16H,5,8-9,12H2,(H,20,23)/t16-/m1/s1. The van der Waals surface area contributed by atoms with Crippen molar-refractivity contribution in [3.63, 3.8) is 0 Å². The number of rotatable bonds is 5. The molecule has 3 aromatic rings. The van der Waals surface area contributed by atoms with Gasteiger partial charge >= 0.3 is 0 Å². The number of aromatic nitrogens is 3. The molecule has 1 atom stereocenters. The summed E-state index contributed by atoms with van der Waals surface area (Å²) in [5.41, 5.74) is 1.22. The van der Waals surface area contributed by atoms with Crippen molar-refractivity contribution in [1.82, 2.24) is 19.7 Å². The number of hydrogen-bond donors (Lipinski definition) is 1. The van der Waals surface area contributed by atoms with Gasteiger partial charge in [-0.25, -0.2) is 18.4 Å². The Kier molecular flexibility index (Phi) is 4.63. The number of sulfone groups is 1. The van der Waals surface area contributed by atoms with Gasteiger partial charge in [0, 0.05) is 37.9 Å². The molecule has 140 valence electrons. The Balaban J connectivity index is 1.41. The fourth-order valence-corrected chi connectivity index (χ4v) is 4.55. The van der Waals surface area contributed by atoms with Gasteiger partial charge in [0.15, 0.2) is 9.84 Å². The zero-order valence-corrected chi connectivity index (χ0v) is 15.2. The zero-order chi connectivity index (χ0) is 18.9. The minimum absolute atomic E-state index is 0.245. The summed E-state index contributed by atoms with van der Waals surface area (Å²) in [7, 11) is -3.37. The molecule has 0 bridgehead atoms. The number of hydrogen-bond acceptors (Lipinski definition) is 6. The van der Waals surface area contributed by atoms with Crippen LogP contribution in [0.15, 0.2) is 53.9 Å². The molecule has 0 unspecified atom stereocenters. The number of imidazole rings is 1. The fraction of sp³-hybridized carbons (Fsp3) is 0.278. The highest BCUT2D eigenvalue weighted by atomic mass is 32.2. The van der Waals surface area contributed by atoms with Crippen molar-refractivity contribution in [2.75, 3.05) is 13.2 Å². The van der Waals surface area contributed by atoms with Crippen LogP contribution in [-0.4, -0.2) is 47.2 Å². The molecular weight excluding hydrogens is 368 g/mol. The molecule has 2 aromatic heterocycles. The minimum atomic E-state index is -3.37. The van der Waals surface area contributed by atoms with Gasteiger partial charge in [-0.3, -0.25) is 9.20 Å². The summed E-state index contributed by atoms with van der Waals surface area (Å²) in [6.45, 7) is 1.01. The molecule has 3 heterocycles. The normalized spacial score (nSPS) is 17.3. The van der Waals surface area contributed by atoms with Gasteiger partial charge in [0.1, 0.15) is 0 Å². The van der Waals surface area contributed by atoms with E-state index in [1.54, 1.807) is 47.3 Å². The zero-order valence-electron chi connectivity index (χ0n) is 14.4. The molecule has 1 saturated heterocycles. The van der Waals surface area contributed by atoms with Crippen molar-refractivity contribution in [2.45, 2.75) is 23.1 Å². The molecular formula is C18H18N4O4S. The first-order chi connectivity index (χ1) is 13.0. The number of ether oxygens (including phenoxy) is 1. The van der Waals surface area contributed by atoms with Gasteiger partial charge in [0.2, 0.25) is 5.78 Å². The van der Waals surface area contributed by atoms with Gasteiger partial charge in [-0.05, 0) is 24.1 Å². The lowest BCUT2D eigenvalue weighted by molar-refractivity contribution is 0.0950. The molecule has 1 fully saturated rings. The molecule has 0 radical (unpaired) electrons. The van der Waals surface area contributed by atoms with E-state index in [1.807, 2.05) is 0 Å². The summed E-state index contributed by atoms with van der Waals surface area (Å²) in [4.78, 5) is 20.7. The van der Waals surface area contributed by atoms with Crippen LogP contribution in [0.4, 0.5) is 0 Å². The molecule has 1 N–H and O–H groups in total. The summed E-state index contributed by atoms with van der Waals surface area (Å²) in [6.07, 6.45) is 6.97. The van der Waals surface area contributed by atoms with Gasteiger partial charge in [-0.1, -0.05) is 12.1 Å². The largest absolute Gasteiger partial charge is 0.380 e. The Labute approximate surface area is 156 Å². The van der Waals surface area contributed by atoms with Crippen LogP contribution in [0.2, 0.25) is 0 Å². The predicted molar refractivity (Wildman–Crippen MR) is 97.0 cm³/mol. The number of fused-ring (bicyclic) bond motifs is 1. The molecule has 0 aliphatic carbocycles. The first-order valence-corrected chi connectivity index (χ1v) is 10.1. The quantitative estimate of drug-likeness (QED) is 0.707. The highest BCUT2D eigenvalue weighted by Crippen LogP contribution is 2.22. The van der Waals surface area contributed by atoms with Crippen molar-refractivity contribution in [2.24, 2.45) is 0 Å². The third kappa shape index (κ3) is 3.56. The topological polar surface area (TPSA) is 103 Å². The highest BCUT2D eigenvalue weighted by Gasteiger charge is 2.30. The van der Waals surface area contributed by atoms with E-state index in [2.05, 4.69) is 15.3 Å². The second-order valence-corrected chi connectivity index (χ2v) is 8.56. The molecule has 1 aliphatic heterocycles. The fourth-order valence-electron chi connectivity index (χ4n) is 2.97. The molecule has 4 rings (SSSR count). The van der Waals surface area contributed by atoms with Crippen molar-refractivity contribution in [3.05, 3.63) is 60.2 Å². The number of amides is 1. The third-order valence-corrected chi connectivity index (χ3v) is 6.72. The van der Waals surface area contributed by atoms with E-state index >= 15 is 0 Å². The maximum Gasteiger partial charge on any atom is 0.254 e. The third-order valence-electron chi connectivity index (χ3n) is 4.54. The predicted octanol–water partition coefficient (Wildman–Crippen LogP) is 1.22. The molecule has 8 nitrogen and oxygen atoms in total. The molecule has 1 aliphatic rings. The lowest BCUT2D eigenvalue weighted by atomic mass is 10.2. The smallest absolute Gasteiger partial charge is 0.254 e. The molecule has 0 spiro atoms. The van der Waals surface area contributed by atoms with Crippen molar-refractivity contribution < 1.29 is 17.9 Å². The number of carbonyl (C=O) groups excluding carboxylic acids is 1. The average Bonchev–Trinajstić information content (AvgIpc) is 3.37. The lowest BCUT2D eigenvalue weighted by Gasteiger charge is -2.11. The first kappa shape index (κ1) is 17.6. The van der Waals surface area contributed by atoms with Gasteiger partial charge in [-0.15, -0.1) is 0 Å².